The molecule has 1 saturated heterocycles. The maximum absolute atomic E-state index is 12.6. The fourth-order valence-electron chi connectivity index (χ4n) is 4.25. The van der Waals surface area contributed by atoms with Gasteiger partial charge in [-0.1, -0.05) is 12.1 Å². The van der Waals surface area contributed by atoms with Gasteiger partial charge in [-0.2, -0.15) is 9.78 Å². The monoisotopic (exact) mass is 420 g/mol. The first-order valence-corrected chi connectivity index (χ1v) is 10.3. The Hall–Kier alpha value is -3.46. The lowest BCUT2D eigenvalue weighted by molar-refractivity contribution is -0.116. The molecule has 1 amide bonds. The molecule has 5 rings (SSSR count). The van der Waals surface area contributed by atoms with Gasteiger partial charge in [0.2, 0.25) is 5.91 Å². The van der Waals surface area contributed by atoms with Gasteiger partial charge in [0, 0.05) is 31.0 Å². The first-order chi connectivity index (χ1) is 15.1. The highest BCUT2D eigenvalue weighted by Crippen LogP contribution is 2.40. The van der Waals surface area contributed by atoms with Crippen LogP contribution in [-0.4, -0.2) is 59.3 Å². The second-order valence-electron chi connectivity index (χ2n) is 7.69. The molecular weight excluding hydrogens is 396 g/mol. The number of ether oxygens (including phenoxy) is 2. The predicted molar refractivity (Wildman–Crippen MR) is 115 cm³/mol. The van der Waals surface area contributed by atoms with Crippen LogP contribution < -0.4 is 15.0 Å². The quantitative estimate of drug-likeness (QED) is 0.692. The minimum atomic E-state index is -0.104. The smallest absolute Gasteiger partial charge is 0.226 e. The molecule has 2 aliphatic heterocycles. The van der Waals surface area contributed by atoms with Crippen molar-refractivity contribution in [3.05, 3.63) is 53.2 Å². The third-order valence-electron chi connectivity index (χ3n) is 5.79. The van der Waals surface area contributed by atoms with Gasteiger partial charge in [-0.05, 0) is 36.8 Å². The van der Waals surface area contributed by atoms with E-state index in [0.717, 1.165) is 41.5 Å². The molecule has 0 spiro atoms. The summed E-state index contributed by atoms with van der Waals surface area (Å²) in [6, 6.07) is 11.6. The molecule has 1 N–H and O–H groups in total. The van der Waals surface area contributed by atoms with Crippen LogP contribution in [0.5, 0.6) is 5.75 Å². The van der Waals surface area contributed by atoms with Gasteiger partial charge in [0.1, 0.15) is 11.6 Å². The Morgan fingerprint density at radius 2 is 1.90 bits per heavy atom. The average molecular weight is 420 g/mol. The summed E-state index contributed by atoms with van der Waals surface area (Å²) in [5.41, 5.74) is 2.86. The Kier molecular flexibility index (Phi) is 5.03. The minimum Gasteiger partial charge on any atom is -0.497 e. The number of aromatic nitrogens is 4. The summed E-state index contributed by atoms with van der Waals surface area (Å²) in [5, 5.41) is 16.5. The Bertz CT molecular complexity index is 1100. The van der Waals surface area contributed by atoms with E-state index in [4.69, 9.17) is 14.6 Å². The van der Waals surface area contributed by atoms with E-state index in [1.165, 1.54) is 0 Å². The predicted octanol–water partition coefficient (Wildman–Crippen LogP) is 2.29. The number of nitrogens with one attached hydrogen (secondary N) is 1. The van der Waals surface area contributed by atoms with E-state index in [-0.39, 0.29) is 11.8 Å². The summed E-state index contributed by atoms with van der Waals surface area (Å²) in [6.07, 6.45) is 0.356. The van der Waals surface area contributed by atoms with Crippen molar-refractivity contribution < 1.29 is 14.3 Å². The van der Waals surface area contributed by atoms with Crippen LogP contribution in [-0.2, 0) is 9.53 Å². The molecule has 4 heterocycles. The zero-order valence-corrected chi connectivity index (χ0v) is 17.5. The van der Waals surface area contributed by atoms with E-state index in [2.05, 4.69) is 20.4 Å². The van der Waals surface area contributed by atoms with Crippen molar-refractivity contribution in [1.82, 2.24) is 20.0 Å². The van der Waals surface area contributed by atoms with E-state index in [9.17, 15) is 4.79 Å². The van der Waals surface area contributed by atoms with Gasteiger partial charge in [-0.25, -0.2) is 0 Å². The van der Waals surface area contributed by atoms with Gasteiger partial charge in [0.25, 0.3) is 0 Å². The van der Waals surface area contributed by atoms with Gasteiger partial charge in [-0.3, -0.25) is 4.79 Å². The summed E-state index contributed by atoms with van der Waals surface area (Å²) in [7, 11) is 1.64. The number of fused-ring (bicyclic) bond motifs is 1. The molecule has 0 aliphatic carbocycles. The number of hydrogen-bond donors (Lipinski definition) is 1. The number of hydrogen-bond acceptors (Lipinski definition) is 7. The van der Waals surface area contributed by atoms with Crippen LogP contribution >= 0.6 is 0 Å². The standard InChI is InChI=1S/C22H24N6O3/c1-14-21-17(15-4-3-5-16(12-15)30-2)13-20(29)23-22(21)28(26-14)19-7-6-18(24-25-19)27-8-10-31-11-9-27/h3-7,12,17H,8-11,13H2,1-2H3,(H,23,29)/t17-/m0/s1. The van der Waals surface area contributed by atoms with Gasteiger partial charge in [-0.15, -0.1) is 10.2 Å². The van der Waals surface area contributed by atoms with Crippen molar-refractivity contribution in [2.24, 2.45) is 0 Å². The second kappa shape index (κ2) is 7.99. The Balaban J connectivity index is 1.51. The molecule has 1 atom stereocenters. The molecule has 9 nitrogen and oxygen atoms in total. The van der Waals surface area contributed by atoms with Crippen LogP contribution in [0.25, 0.3) is 5.82 Å². The largest absolute Gasteiger partial charge is 0.497 e. The zero-order valence-electron chi connectivity index (χ0n) is 17.5. The van der Waals surface area contributed by atoms with Crippen molar-refractivity contribution in [3.8, 4) is 11.6 Å². The number of aryl methyl sites for hydroxylation is 1. The van der Waals surface area contributed by atoms with E-state index >= 15 is 0 Å². The number of nitrogens with zero attached hydrogens (tertiary/aromatic N) is 5. The molecule has 9 heteroatoms. The second-order valence-corrected chi connectivity index (χ2v) is 7.69. The minimum absolute atomic E-state index is 0.0561. The fourth-order valence-corrected chi connectivity index (χ4v) is 4.25. The number of carbonyl (C=O) groups is 1. The van der Waals surface area contributed by atoms with Crippen LogP contribution in [0, 0.1) is 6.92 Å². The molecular formula is C22H24N6O3. The van der Waals surface area contributed by atoms with Crippen LogP contribution in [0.3, 0.4) is 0 Å². The van der Waals surface area contributed by atoms with Gasteiger partial charge < -0.3 is 19.7 Å². The average Bonchev–Trinajstić information content (AvgIpc) is 3.15. The highest BCUT2D eigenvalue weighted by molar-refractivity contribution is 5.95. The molecule has 160 valence electrons. The molecule has 0 unspecified atom stereocenters. The molecule has 1 aromatic carbocycles. The summed E-state index contributed by atoms with van der Waals surface area (Å²) < 4.78 is 12.4. The van der Waals surface area contributed by atoms with Crippen LogP contribution in [0.15, 0.2) is 36.4 Å². The molecule has 1 fully saturated rings. The maximum Gasteiger partial charge on any atom is 0.226 e. The summed E-state index contributed by atoms with van der Waals surface area (Å²) in [6.45, 7) is 4.92. The van der Waals surface area contributed by atoms with Gasteiger partial charge >= 0.3 is 0 Å². The molecule has 31 heavy (non-hydrogen) atoms. The van der Waals surface area contributed by atoms with E-state index in [1.807, 2.05) is 43.3 Å². The Morgan fingerprint density at radius 1 is 1.13 bits per heavy atom. The third-order valence-corrected chi connectivity index (χ3v) is 5.79. The first kappa shape index (κ1) is 19.5. The highest BCUT2D eigenvalue weighted by atomic mass is 16.5. The van der Waals surface area contributed by atoms with Crippen molar-refractivity contribution in [1.29, 1.82) is 0 Å². The lowest BCUT2D eigenvalue weighted by Crippen LogP contribution is -2.36. The zero-order chi connectivity index (χ0) is 21.4. The fraction of sp³-hybridized carbons (Fsp3) is 0.364. The molecule has 0 radical (unpaired) electrons. The van der Waals surface area contributed by atoms with Crippen LogP contribution in [0.2, 0.25) is 0 Å². The molecule has 0 saturated carbocycles. The van der Waals surface area contributed by atoms with E-state index in [1.54, 1.807) is 11.8 Å². The SMILES string of the molecule is COc1cccc([C@@H]2CC(=O)Nc3c2c(C)nn3-c2ccc(N3CCOCC3)nn2)c1. The van der Waals surface area contributed by atoms with Crippen molar-refractivity contribution >= 4 is 17.5 Å². The maximum atomic E-state index is 12.6. The number of methoxy groups -OCH3 is 1. The van der Waals surface area contributed by atoms with Crippen LogP contribution in [0.4, 0.5) is 11.6 Å². The summed E-state index contributed by atoms with van der Waals surface area (Å²) in [5.74, 6) is 2.62. The Labute approximate surface area is 180 Å². The number of carbonyl (C=O) groups excluding carboxylic acids is 1. The summed E-state index contributed by atoms with van der Waals surface area (Å²) in [4.78, 5) is 14.7. The highest BCUT2D eigenvalue weighted by Gasteiger charge is 2.33. The van der Waals surface area contributed by atoms with Gasteiger partial charge in [0.05, 0.1) is 26.0 Å². The lowest BCUT2D eigenvalue weighted by Gasteiger charge is -2.27. The first-order valence-electron chi connectivity index (χ1n) is 10.3. The molecule has 2 aromatic heterocycles. The van der Waals surface area contributed by atoms with Crippen molar-refractivity contribution in [3.63, 3.8) is 0 Å². The third kappa shape index (κ3) is 3.61. The van der Waals surface area contributed by atoms with Crippen molar-refractivity contribution in [2.75, 3.05) is 43.6 Å². The number of anilines is 2. The lowest BCUT2D eigenvalue weighted by atomic mass is 9.86. The van der Waals surface area contributed by atoms with E-state index in [0.29, 0.717) is 31.3 Å². The number of rotatable bonds is 4. The Morgan fingerprint density at radius 3 is 2.65 bits per heavy atom. The van der Waals surface area contributed by atoms with E-state index < -0.39 is 0 Å². The molecule has 0 bridgehead atoms. The summed E-state index contributed by atoms with van der Waals surface area (Å²) >= 11 is 0. The number of morpholine rings is 1. The van der Waals surface area contributed by atoms with Crippen molar-refractivity contribution in [2.45, 2.75) is 19.3 Å². The number of amides is 1. The normalized spacial score (nSPS) is 18.5. The topological polar surface area (TPSA) is 94.4 Å². The van der Waals surface area contributed by atoms with Crippen LogP contribution in [0.1, 0.15) is 29.2 Å². The molecule has 3 aromatic rings. The molecule has 2 aliphatic rings. The number of benzene rings is 1. The van der Waals surface area contributed by atoms with Gasteiger partial charge in [0.15, 0.2) is 11.6 Å².